The lowest BCUT2D eigenvalue weighted by molar-refractivity contribution is -0.149. The Bertz CT molecular complexity index is 353. The molecular weight excluding hydrogens is 368 g/mol. The van der Waals surface area contributed by atoms with Crippen molar-refractivity contribution in [2.45, 2.75) is 156 Å². The standard InChI is InChI=1S/C28H56O2/c1-5-8-11-13-15-16-18-21-24-27(23-20-17-14-12-9-6-2)25-30-28(29)26(4)22-19-10-7-3/h26-27H,5-25H2,1-4H3. The van der Waals surface area contributed by atoms with Crippen molar-refractivity contribution in [3.63, 3.8) is 0 Å². The zero-order chi connectivity index (χ0) is 22.3. The molecule has 0 heterocycles. The highest BCUT2D eigenvalue weighted by Gasteiger charge is 2.17. The Morgan fingerprint density at radius 1 is 0.567 bits per heavy atom. The van der Waals surface area contributed by atoms with Crippen molar-refractivity contribution in [2.75, 3.05) is 6.61 Å². The van der Waals surface area contributed by atoms with E-state index in [4.69, 9.17) is 4.74 Å². The van der Waals surface area contributed by atoms with E-state index < -0.39 is 0 Å². The lowest BCUT2D eigenvalue weighted by Gasteiger charge is -2.19. The lowest BCUT2D eigenvalue weighted by atomic mass is 9.94. The smallest absolute Gasteiger partial charge is 0.308 e. The first-order chi connectivity index (χ1) is 14.7. The molecule has 30 heavy (non-hydrogen) atoms. The molecule has 2 heteroatoms. The summed E-state index contributed by atoms with van der Waals surface area (Å²) in [4.78, 5) is 12.4. The first-order valence-corrected chi connectivity index (χ1v) is 13.8. The van der Waals surface area contributed by atoms with Crippen LogP contribution in [0.1, 0.15) is 156 Å². The van der Waals surface area contributed by atoms with Crippen LogP contribution >= 0.6 is 0 Å². The molecule has 0 spiro atoms. The minimum Gasteiger partial charge on any atom is -0.465 e. The van der Waals surface area contributed by atoms with Gasteiger partial charge in [0.2, 0.25) is 0 Å². The summed E-state index contributed by atoms with van der Waals surface area (Å²) in [7, 11) is 0. The Kier molecular flexibility index (Phi) is 22.7. The quantitative estimate of drug-likeness (QED) is 0.120. The van der Waals surface area contributed by atoms with Gasteiger partial charge in [0.1, 0.15) is 0 Å². The van der Waals surface area contributed by atoms with Gasteiger partial charge >= 0.3 is 5.97 Å². The fraction of sp³-hybridized carbons (Fsp3) is 0.964. The topological polar surface area (TPSA) is 26.3 Å². The zero-order valence-corrected chi connectivity index (χ0v) is 21.3. The van der Waals surface area contributed by atoms with Gasteiger partial charge < -0.3 is 4.74 Å². The van der Waals surface area contributed by atoms with Gasteiger partial charge in [0.25, 0.3) is 0 Å². The van der Waals surface area contributed by atoms with Crippen LogP contribution in [-0.2, 0) is 9.53 Å². The molecule has 0 bridgehead atoms. The highest BCUT2D eigenvalue weighted by molar-refractivity contribution is 5.71. The third kappa shape index (κ3) is 19.4. The maximum absolute atomic E-state index is 12.4. The Labute approximate surface area is 190 Å². The fourth-order valence-electron chi connectivity index (χ4n) is 4.25. The summed E-state index contributed by atoms with van der Waals surface area (Å²) >= 11 is 0. The van der Waals surface area contributed by atoms with Crippen LogP contribution in [0.5, 0.6) is 0 Å². The molecule has 0 aromatic heterocycles. The van der Waals surface area contributed by atoms with Crippen LogP contribution in [0.2, 0.25) is 0 Å². The highest BCUT2D eigenvalue weighted by atomic mass is 16.5. The van der Waals surface area contributed by atoms with Crippen LogP contribution in [0, 0.1) is 11.8 Å². The molecule has 0 amide bonds. The maximum Gasteiger partial charge on any atom is 0.308 e. The minimum atomic E-state index is 0.0370. The van der Waals surface area contributed by atoms with E-state index in [2.05, 4.69) is 20.8 Å². The second-order valence-electron chi connectivity index (χ2n) is 9.71. The molecule has 0 rings (SSSR count). The normalized spacial score (nSPS) is 13.3. The largest absolute Gasteiger partial charge is 0.465 e. The van der Waals surface area contributed by atoms with Gasteiger partial charge in [-0.15, -0.1) is 0 Å². The monoisotopic (exact) mass is 424 g/mol. The van der Waals surface area contributed by atoms with Crippen LogP contribution in [0.25, 0.3) is 0 Å². The molecular formula is C28H56O2. The molecule has 2 atom stereocenters. The first kappa shape index (κ1) is 29.5. The second-order valence-corrected chi connectivity index (χ2v) is 9.71. The molecule has 0 aliphatic rings. The van der Waals surface area contributed by atoms with Crippen molar-refractivity contribution in [3.8, 4) is 0 Å². The number of carbonyl (C=O) groups excluding carboxylic acids is 1. The van der Waals surface area contributed by atoms with E-state index in [9.17, 15) is 4.79 Å². The summed E-state index contributed by atoms with van der Waals surface area (Å²) in [6, 6.07) is 0. The van der Waals surface area contributed by atoms with E-state index in [1.165, 1.54) is 116 Å². The van der Waals surface area contributed by atoms with Gasteiger partial charge in [-0.3, -0.25) is 4.79 Å². The van der Waals surface area contributed by atoms with E-state index in [-0.39, 0.29) is 11.9 Å². The molecule has 0 aromatic rings. The molecule has 180 valence electrons. The highest BCUT2D eigenvalue weighted by Crippen LogP contribution is 2.21. The molecule has 0 aliphatic heterocycles. The number of esters is 1. The summed E-state index contributed by atoms with van der Waals surface area (Å²) in [6.45, 7) is 9.46. The SMILES string of the molecule is CCCCCCCCCCC(CCCCCCCC)COC(=O)C(C)CCCCC. The van der Waals surface area contributed by atoms with Crippen molar-refractivity contribution < 1.29 is 9.53 Å². The Hall–Kier alpha value is -0.530. The average Bonchev–Trinajstić information content (AvgIpc) is 2.75. The van der Waals surface area contributed by atoms with Crippen LogP contribution in [0.4, 0.5) is 0 Å². The third-order valence-corrected chi connectivity index (χ3v) is 6.54. The minimum absolute atomic E-state index is 0.0370. The first-order valence-electron chi connectivity index (χ1n) is 13.8. The van der Waals surface area contributed by atoms with E-state index >= 15 is 0 Å². The molecule has 0 radical (unpaired) electrons. The molecule has 0 aromatic carbocycles. The van der Waals surface area contributed by atoms with Gasteiger partial charge in [0.05, 0.1) is 12.5 Å². The van der Waals surface area contributed by atoms with Gasteiger partial charge in [-0.25, -0.2) is 0 Å². The van der Waals surface area contributed by atoms with Gasteiger partial charge in [-0.2, -0.15) is 0 Å². The summed E-state index contributed by atoms with van der Waals surface area (Å²) in [5, 5.41) is 0. The number of hydrogen-bond acceptors (Lipinski definition) is 2. The third-order valence-electron chi connectivity index (χ3n) is 6.54. The zero-order valence-electron chi connectivity index (χ0n) is 21.3. The van der Waals surface area contributed by atoms with Crippen LogP contribution < -0.4 is 0 Å². The summed E-state index contributed by atoms with van der Waals surface area (Å²) in [5.74, 6) is 0.674. The van der Waals surface area contributed by atoms with Crippen molar-refractivity contribution in [1.82, 2.24) is 0 Å². The predicted octanol–water partition coefficient (Wildman–Crippen LogP) is 9.64. The van der Waals surface area contributed by atoms with Gasteiger partial charge in [-0.1, -0.05) is 137 Å². The average molecular weight is 425 g/mol. The molecule has 0 saturated carbocycles. The molecule has 0 fully saturated rings. The maximum atomic E-state index is 12.4. The number of ether oxygens (including phenoxy) is 1. The van der Waals surface area contributed by atoms with E-state index in [1.807, 2.05) is 6.92 Å². The molecule has 2 unspecified atom stereocenters. The van der Waals surface area contributed by atoms with Crippen molar-refractivity contribution in [1.29, 1.82) is 0 Å². The number of hydrogen-bond donors (Lipinski definition) is 0. The number of carbonyl (C=O) groups is 1. The molecule has 0 saturated heterocycles. The van der Waals surface area contributed by atoms with Crippen LogP contribution in [0.15, 0.2) is 0 Å². The molecule has 0 N–H and O–H groups in total. The molecule has 0 aliphatic carbocycles. The van der Waals surface area contributed by atoms with Crippen molar-refractivity contribution in [3.05, 3.63) is 0 Å². The predicted molar refractivity (Wildman–Crippen MR) is 133 cm³/mol. The Morgan fingerprint density at radius 3 is 1.40 bits per heavy atom. The van der Waals surface area contributed by atoms with Gasteiger partial charge in [0, 0.05) is 0 Å². The van der Waals surface area contributed by atoms with E-state index in [0.29, 0.717) is 12.5 Å². The van der Waals surface area contributed by atoms with Crippen molar-refractivity contribution in [2.24, 2.45) is 11.8 Å². The van der Waals surface area contributed by atoms with Gasteiger partial charge in [-0.05, 0) is 25.2 Å². The van der Waals surface area contributed by atoms with Crippen LogP contribution in [-0.4, -0.2) is 12.6 Å². The summed E-state index contributed by atoms with van der Waals surface area (Å²) in [6.07, 6.45) is 26.1. The lowest BCUT2D eigenvalue weighted by Crippen LogP contribution is -2.19. The summed E-state index contributed by atoms with van der Waals surface area (Å²) in [5.41, 5.74) is 0. The Balaban J connectivity index is 4.12. The Morgan fingerprint density at radius 2 is 0.933 bits per heavy atom. The van der Waals surface area contributed by atoms with Crippen LogP contribution in [0.3, 0.4) is 0 Å². The van der Waals surface area contributed by atoms with E-state index in [1.54, 1.807) is 0 Å². The van der Waals surface area contributed by atoms with Gasteiger partial charge in [0.15, 0.2) is 0 Å². The number of rotatable bonds is 23. The number of unbranched alkanes of at least 4 members (excludes halogenated alkanes) is 14. The molecule has 2 nitrogen and oxygen atoms in total. The van der Waals surface area contributed by atoms with E-state index in [0.717, 1.165) is 12.8 Å². The second kappa shape index (κ2) is 23.1. The fourth-order valence-corrected chi connectivity index (χ4v) is 4.25. The summed E-state index contributed by atoms with van der Waals surface area (Å²) < 4.78 is 5.78. The van der Waals surface area contributed by atoms with Crippen molar-refractivity contribution >= 4 is 5.97 Å².